The SMILES string of the molecule is CCOc1cc(C(=O)NC(=S)Nc2nc3ccc(C(=O)OC)cc3s2)cc(OCC)c1OCC. The zero-order chi connectivity index (χ0) is 24.7. The van der Waals surface area contributed by atoms with Gasteiger partial charge in [-0.1, -0.05) is 11.3 Å². The first-order valence-corrected chi connectivity index (χ1v) is 11.8. The molecule has 0 saturated heterocycles. The van der Waals surface area contributed by atoms with Gasteiger partial charge in [-0.3, -0.25) is 10.1 Å². The first-order chi connectivity index (χ1) is 16.4. The van der Waals surface area contributed by atoms with Crippen LogP contribution >= 0.6 is 23.6 Å². The van der Waals surface area contributed by atoms with Gasteiger partial charge in [-0.15, -0.1) is 0 Å². The molecule has 0 atom stereocenters. The summed E-state index contributed by atoms with van der Waals surface area (Å²) in [5.41, 5.74) is 1.40. The van der Waals surface area contributed by atoms with Gasteiger partial charge in [0.05, 0.1) is 42.7 Å². The number of ether oxygens (including phenoxy) is 4. The Kier molecular flexibility index (Phi) is 8.61. The van der Waals surface area contributed by atoms with Gasteiger partial charge in [-0.25, -0.2) is 9.78 Å². The summed E-state index contributed by atoms with van der Waals surface area (Å²) in [6.45, 7) is 6.75. The van der Waals surface area contributed by atoms with Gasteiger partial charge >= 0.3 is 5.97 Å². The minimum atomic E-state index is -0.448. The molecule has 3 aromatic rings. The second kappa shape index (κ2) is 11.6. The van der Waals surface area contributed by atoms with Crippen LogP contribution in [-0.2, 0) is 4.74 Å². The van der Waals surface area contributed by atoms with E-state index < -0.39 is 11.9 Å². The molecular formula is C23H25N3O6S2. The molecule has 2 aromatic carbocycles. The van der Waals surface area contributed by atoms with Gasteiger partial charge in [0.1, 0.15) is 0 Å². The molecule has 0 saturated carbocycles. The molecule has 1 aromatic heterocycles. The van der Waals surface area contributed by atoms with E-state index in [0.29, 0.717) is 58.8 Å². The lowest BCUT2D eigenvalue weighted by Crippen LogP contribution is -2.34. The third-order valence-corrected chi connectivity index (χ3v) is 5.57. The van der Waals surface area contributed by atoms with Crippen LogP contribution < -0.4 is 24.8 Å². The Hall–Kier alpha value is -3.44. The highest BCUT2D eigenvalue weighted by Crippen LogP contribution is 2.39. The monoisotopic (exact) mass is 503 g/mol. The summed E-state index contributed by atoms with van der Waals surface area (Å²) >= 11 is 6.59. The van der Waals surface area contributed by atoms with Crippen LogP contribution in [0.25, 0.3) is 10.2 Å². The molecule has 1 heterocycles. The van der Waals surface area contributed by atoms with Gasteiger partial charge in [-0.2, -0.15) is 0 Å². The number of hydrogen-bond acceptors (Lipinski definition) is 9. The molecule has 0 aliphatic rings. The Morgan fingerprint density at radius 3 is 2.21 bits per heavy atom. The van der Waals surface area contributed by atoms with Gasteiger partial charge in [0.25, 0.3) is 5.91 Å². The van der Waals surface area contributed by atoms with Gasteiger partial charge in [0.15, 0.2) is 21.7 Å². The molecule has 3 rings (SSSR count). The summed E-state index contributed by atoms with van der Waals surface area (Å²) in [5, 5.41) is 6.09. The fourth-order valence-corrected chi connectivity index (χ4v) is 4.21. The Morgan fingerprint density at radius 1 is 0.971 bits per heavy atom. The standard InChI is InChI=1S/C23H25N3O6S2/c1-5-30-16-10-14(11-17(31-6-2)19(16)32-7-3)20(27)25-22(33)26-23-24-15-9-8-13(21(28)29-4)12-18(15)34-23/h8-12H,5-7H2,1-4H3,(H2,24,25,26,27,33). The molecule has 0 aliphatic carbocycles. The van der Waals surface area contributed by atoms with Crippen LogP contribution in [0.2, 0.25) is 0 Å². The third kappa shape index (κ3) is 5.91. The number of anilines is 1. The number of nitrogens with one attached hydrogen (secondary N) is 2. The Balaban J connectivity index is 1.77. The number of rotatable bonds is 9. The summed E-state index contributed by atoms with van der Waals surface area (Å²) in [6.07, 6.45) is 0. The molecule has 0 bridgehead atoms. The smallest absolute Gasteiger partial charge is 0.337 e. The molecule has 9 nitrogen and oxygen atoms in total. The molecule has 0 unspecified atom stereocenters. The maximum atomic E-state index is 12.9. The van der Waals surface area contributed by atoms with E-state index in [9.17, 15) is 9.59 Å². The van der Waals surface area contributed by atoms with Crippen LogP contribution in [-0.4, -0.2) is 48.9 Å². The summed E-state index contributed by atoms with van der Waals surface area (Å²) in [5.74, 6) is 0.389. The van der Waals surface area contributed by atoms with Crippen LogP contribution in [0.5, 0.6) is 17.2 Å². The molecule has 34 heavy (non-hydrogen) atoms. The second-order valence-electron chi connectivity index (χ2n) is 6.70. The van der Waals surface area contributed by atoms with E-state index in [1.165, 1.54) is 18.4 Å². The zero-order valence-electron chi connectivity index (χ0n) is 19.2. The highest BCUT2D eigenvalue weighted by molar-refractivity contribution is 7.80. The van der Waals surface area contributed by atoms with Crippen molar-refractivity contribution in [2.24, 2.45) is 0 Å². The Morgan fingerprint density at radius 2 is 1.62 bits per heavy atom. The van der Waals surface area contributed by atoms with Crippen molar-refractivity contribution in [3.05, 3.63) is 41.5 Å². The molecular weight excluding hydrogens is 478 g/mol. The van der Waals surface area contributed by atoms with Crippen molar-refractivity contribution >= 4 is 55.9 Å². The van der Waals surface area contributed by atoms with E-state index in [1.54, 1.807) is 30.3 Å². The molecule has 11 heteroatoms. The number of carbonyl (C=O) groups is 2. The van der Waals surface area contributed by atoms with Crippen molar-refractivity contribution in [3.63, 3.8) is 0 Å². The molecule has 0 spiro atoms. The highest BCUT2D eigenvalue weighted by Gasteiger charge is 2.19. The van der Waals surface area contributed by atoms with Crippen molar-refractivity contribution in [1.82, 2.24) is 10.3 Å². The predicted molar refractivity (Wildman–Crippen MR) is 135 cm³/mol. The molecule has 2 N–H and O–H groups in total. The normalized spacial score (nSPS) is 10.5. The van der Waals surface area contributed by atoms with Gasteiger partial charge < -0.3 is 24.3 Å². The number of amides is 1. The summed E-state index contributed by atoms with van der Waals surface area (Å²) in [7, 11) is 1.33. The molecule has 1 amide bonds. The fraction of sp³-hybridized carbons (Fsp3) is 0.304. The maximum absolute atomic E-state index is 12.9. The summed E-state index contributed by atoms with van der Waals surface area (Å²) in [4.78, 5) is 29.1. The van der Waals surface area contributed by atoms with Crippen molar-refractivity contribution in [1.29, 1.82) is 0 Å². The molecule has 0 radical (unpaired) electrons. The van der Waals surface area contributed by atoms with E-state index >= 15 is 0 Å². The fourth-order valence-electron chi connectivity index (χ4n) is 3.05. The van der Waals surface area contributed by atoms with Crippen LogP contribution in [0.15, 0.2) is 30.3 Å². The average Bonchev–Trinajstić information content (AvgIpc) is 3.21. The Labute approximate surface area is 206 Å². The van der Waals surface area contributed by atoms with E-state index in [0.717, 1.165) is 4.70 Å². The quantitative estimate of drug-likeness (QED) is 0.324. The number of fused-ring (bicyclic) bond motifs is 1. The van der Waals surface area contributed by atoms with Gasteiger partial charge in [0, 0.05) is 5.56 Å². The van der Waals surface area contributed by atoms with Crippen molar-refractivity contribution in [2.75, 3.05) is 32.2 Å². The number of methoxy groups -OCH3 is 1. The summed E-state index contributed by atoms with van der Waals surface area (Å²) < 4.78 is 22.5. The van der Waals surface area contributed by atoms with E-state index in [4.69, 9.17) is 31.2 Å². The second-order valence-corrected chi connectivity index (χ2v) is 8.14. The Bertz CT molecular complexity index is 1180. The van der Waals surface area contributed by atoms with Crippen molar-refractivity contribution in [2.45, 2.75) is 20.8 Å². The van der Waals surface area contributed by atoms with Crippen LogP contribution in [0, 0.1) is 0 Å². The third-order valence-electron chi connectivity index (χ3n) is 4.43. The molecule has 0 aliphatic heterocycles. The topological polar surface area (TPSA) is 108 Å². The highest BCUT2D eigenvalue weighted by atomic mass is 32.1. The molecule has 0 fully saturated rings. The minimum absolute atomic E-state index is 0.0713. The largest absolute Gasteiger partial charge is 0.490 e. The number of thiazole rings is 1. The van der Waals surface area contributed by atoms with Crippen LogP contribution in [0.4, 0.5) is 5.13 Å². The number of nitrogens with zero attached hydrogens (tertiary/aromatic N) is 1. The van der Waals surface area contributed by atoms with Crippen LogP contribution in [0.1, 0.15) is 41.5 Å². The number of carbonyl (C=O) groups excluding carboxylic acids is 2. The van der Waals surface area contributed by atoms with E-state index in [1.807, 2.05) is 20.8 Å². The zero-order valence-corrected chi connectivity index (χ0v) is 20.9. The first kappa shape index (κ1) is 25.2. The van der Waals surface area contributed by atoms with Gasteiger partial charge in [0.2, 0.25) is 5.75 Å². The van der Waals surface area contributed by atoms with E-state index in [-0.39, 0.29) is 5.11 Å². The first-order valence-electron chi connectivity index (χ1n) is 10.6. The van der Waals surface area contributed by atoms with E-state index in [2.05, 4.69) is 15.6 Å². The number of thiocarbonyl (C=S) groups is 1. The number of hydrogen-bond donors (Lipinski definition) is 2. The number of aromatic nitrogens is 1. The number of esters is 1. The van der Waals surface area contributed by atoms with Crippen LogP contribution in [0.3, 0.4) is 0 Å². The predicted octanol–water partition coefficient (Wildman–Crippen LogP) is 4.41. The molecule has 180 valence electrons. The lowest BCUT2D eigenvalue weighted by atomic mass is 10.1. The van der Waals surface area contributed by atoms with Gasteiger partial charge in [-0.05, 0) is 63.3 Å². The van der Waals surface area contributed by atoms with Crippen molar-refractivity contribution < 1.29 is 28.5 Å². The lowest BCUT2D eigenvalue weighted by molar-refractivity contribution is 0.0600. The summed E-state index contributed by atoms with van der Waals surface area (Å²) in [6, 6.07) is 8.21. The lowest BCUT2D eigenvalue weighted by Gasteiger charge is -2.17. The van der Waals surface area contributed by atoms with Crippen molar-refractivity contribution in [3.8, 4) is 17.2 Å². The average molecular weight is 504 g/mol. The minimum Gasteiger partial charge on any atom is -0.490 e. The number of benzene rings is 2. The maximum Gasteiger partial charge on any atom is 0.337 e.